The van der Waals surface area contributed by atoms with Crippen molar-refractivity contribution in [2.24, 2.45) is 5.92 Å². The first-order chi connectivity index (χ1) is 13.6. The van der Waals surface area contributed by atoms with E-state index in [1.54, 1.807) is 16.8 Å². The average molecular weight is 376 g/mol. The Morgan fingerprint density at radius 1 is 1.25 bits per heavy atom. The number of benzene rings is 1. The molecule has 6 nitrogen and oxygen atoms in total. The molecule has 0 aliphatic carbocycles. The Morgan fingerprint density at radius 2 is 2.04 bits per heavy atom. The number of fused-ring (bicyclic) bond motifs is 1. The van der Waals surface area contributed by atoms with Crippen LogP contribution in [0.3, 0.4) is 0 Å². The molecule has 0 amide bonds. The van der Waals surface area contributed by atoms with Crippen LogP contribution in [0.15, 0.2) is 54.7 Å². The van der Waals surface area contributed by atoms with Gasteiger partial charge in [-0.05, 0) is 30.2 Å². The number of nitrogens with two attached hydrogens (primary N) is 1. The zero-order valence-electron chi connectivity index (χ0n) is 16.1. The van der Waals surface area contributed by atoms with E-state index < -0.39 is 11.7 Å². The van der Waals surface area contributed by atoms with Gasteiger partial charge in [0.15, 0.2) is 0 Å². The van der Waals surface area contributed by atoms with Crippen LogP contribution in [0.4, 0.5) is 5.69 Å². The second kappa shape index (κ2) is 7.27. The van der Waals surface area contributed by atoms with Crippen molar-refractivity contribution in [3.63, 3.8) is 0 Å². The van der Waals surface area contributed by atoms with Gasteiger partial charge in [0.2, 0.25) is 5.60 Å². The van der Waals surface area contributed by atoms with Gasteiger partial charge in [-0.2, -0.15) is 10.4 Å². The summed E-state index contributed by atoms with van der Waals surface area (Å²) in [5.74, 6) is 0.0555. The van der Waals surface area contributed by atoms with Gasteiger partial charge in [-0.1, -0.05) is 44.2 Å². The Hall–Kier alpha value is -2.88. The molecule has 1 saturated heterocycles. The van der Waals surface area contributed by atoms with E-state index >= 15 is 0 Å². The van der Waals surface area contributed by atoms with Crippen molar-refractivity contribution in [2.75, 3.05) is 5.73 Å². The van der Waals surface area contributed by atoms with Crippen LogP contribution in [0.5, 0.6) is 0 Å². The topological polar surface area (TPSA) is 85.6 Å². The van der Waals surface area contributed by atoms with Crippen molar-refractivity contribution in [3.05, 3.63) is 66.0 Å². The molecule has 4 rings (SSSR count). The SMILES string of the molecule is CC[C@H]1O[C@@](C#N)(c2ccc3c(N)ccnn23)C(OCc2ccccc2)[C@@H]1C. The summed E-state index contributed by atoms with van der Waals surface area (Å²) >= 11 is 0. The lowest BCUT2D eigenvalue weighted by atomic mass is 9.87. The maximum absolute atomic E-state index is 10.3. The molecule has 0 saturated carbocycles. The van der Waals surface area contributed by atoms with Crippen LogP contribution >= 0.6 is 0 Å². The first kappa shape index (κ1) is 18.5. The van der Waals surface area contributed by atoms with Crippen molar-refractivity contribution in [3.8, 4) is 6.07 Å². The van der Waals surface area contributed by atoms with Crippen molar-refractivity contribution in [2.45, 2.75) is 44.7 Å². The highest BCUT2D eigenvalue weighted by Crippen LogP contribution is 2.46. The fraction of sp³-hybridized carbons (Fsp3) is 0.364. The molecule has 1 unspecified atom stereocenters. The van der Waals surface area contributed by atoms with Crippen LogP contribution < -0.4 is 5.73 Å². The van der Waals surface area contributed by atoms with E-state index in [0.717, 1.165) is 17.5 Å². The predicted molar refractivity (Wildman–Crippen MR) is 106 cm³/mol. The number of nitriles is 1. The Balaban J connectivity index is 1.77. The molecule has 28 heavy (non-hydrogen) atoms. The second-order valence-electron chi connectivity index (χ2n) is 7.29. The zero-order chi connectivity index (χ0) is 19.7. The van der Waals surface area contributed by atoms with Crippen LogP contribution in [-0.2, 0) is 21.7 Å². The normalized spacial score (nSPS) is 27.1. The third-order valence-corrected chi connectivity index (χ3v) is 5.61. The number of nitrogens with zero attached hydrogens (tertiary/aromatic N) is 3. The van der Waals surface area contributed by atoms with Gasteiger partial charge in [-0.25, -0.2) is 4.52 Å². The van der Waals surface area contributed by atoms with Gasteiger partial charge >= 0.3 is 0 Å². The maximum Gasteiger partial charge on any atom is 0.223 e. The average Bonchev–Trinajstić information content (AvgIpc) is 3.28. The molecule has 3 aromatic rings. The standard InChI is InChI=1S/C22H24N4O2/c1-3-19-15(2)21(27-13-16-7-5-4-6-8-16)22(14-23,28-19)20-10-9-18-17(24)11-12-25-26(18)20/h4-12,15,19,21H,3,13,24H2,1-2H3/t15-,19-,21?,22+/m1/s1. The minimum absolute atomic E-state index is 0.0555. The molecule has 3 heterocycles. The molecule has 0 spiro atoms. The molecule has 1 aliphatic heterocycles. The van der Waals surface area contributed by atoms with Crippen LogP contribution in [0, 0.1) is 17.2 Å². The summed E-state index contributed by atoms with van der Waals surface area (Å²) in [6.45, 7) is 4.56. The van der Waals surface area contributed by atoms with Gasteiger partial charge in [0.05, 0.1) is 29.6 Å². The molecule has 6 heteroatoms. The second-order valence-corrected chi connectivity index (χ2v) is 7.29. The Labute approximate surface area is 164 Å². The fourth-order valence-corrected chi connectivity index (χ4v) is 4.13. The van der Waals surface area contributed by atoms with E-state index in [4.69, 9.17) is 15.2 Å². The Bertz CT molecular complexity index is 1010. The van der Waals surface area contributed by atoms with E-state index in [1.807, 2.05) is 42.5 Å². The van der Waals surface area contributed by atoms with Gasteiger partial charge in [0.25, 0.3) is 0 Å². The summed E-state index contributed by atoms with van der Waals surface area (Å²) in [6.07, 6.45) is 1.93. The summed E-state index contributed by atoms with van der Waals surface area (Å²) in [4.78, 5) is 0. The monoisotopic (exact) mass is 376 g/mol. The summed E-state index contributed by atoms with van der Waals surface area (Å²) in [7, 11) is 0. The van der Waals surface area contributed by atoms with E-state index in [2.05, 4.69) is 25.0 Å². The molecular formula is C22H24N4O2. The molecule has 2 N–H and O–H groups in total. The lowest BCUT2D eigenvalue weighted by Crippen LogP contribution is -2.40. The molecule has 0 bridgehead atoms. The largest absolute Gasteiger partial charge is 0.397 e. The van der Waals surface area contributed by atoms with Crippen molar-refractivity contribution >= 4 is 11.2 Å². The minimum Gasteiger partial charge on any atom is -0.397 e. The first-order valence-corrected chi connectivity index (χ1v) is 9.58. The van der Waals surface area contributed by atoms with Crippen molar-refractivity contribution < 1.29 is 9.47 Å². The smallest absolute Gasteiger partial charge is 0.223 e. The lowest BCUT2D eigenvalue weighted by molar-refractivity contribution is -0.0817. The van der Waals surface area contributed by atoms with E-state index in [1.165, 1.54) is 0 Å². The van der Waals surface area contributed by atoms with Crippen molar-refractivity contribution in [1.82, 2.24) is 9.61 Å². The van der Waals surface area contributed by atoms with Crippen LogP contribution in [0.25, 0.3) is 5.52 Å². The summed E-state index contributed by atoms with van der Waals surface area (Å²) in [5.41, 5.74) is 7.91. The quantitative estimate of drug-likeness (QED) is 0.734. The minimum atomic E-state index is -1.25. The van der Waals surface area contributed by atoms with E-state index in [9.17, 15) is 5.26 Å². The highest BCUT2D eigenvalue weighted by Gasteiger charge is 2.57. The molecule has 1 aliphatic rings. The molecule has 4 atom stereocenters. The van der Waals surface area contributed by atoms with E-state index in [0.29, 0.717) is 18.0 Å². The number of ether oxygens (including phenoxy) is 2. The van der Waals surface area contributed by atoms with Gasteiger partial charge in [0.1, 0.15) is 12.2 Å². The first-order valence-electron chi connectivity index (χ1n) is 9.58. The van der Waals surface area contributed by atoms with Crippen LogP contribution in [0.2, 0.25) is 0 Å². The van der Waals surface area contributed by atoms with Gasteiger partial charge in [0, 0.05) is 12.1 Å². The highest BCUT2D eigenvalue weighted by atomic mass is 16.6. The fourth-order valence-electron chi connectivity index (χ4n) is 4.13. The molecule has 144 valence electrons. The van der Waals surface area contributed by atoms with E-state index in [-0.39, 0.29) is 12.0 Å². The van der Waals surface area contributed by atoms with Crippen LogP contribution in [-0.4, -0.2) is 21.8 Å². The number of hydrogen-bond donors (Lipinski definition) is 1. The number of hydrogen-bond acceptors (Lipinski definition) is 5. The molecular weight excluding hydrogens is 352 g/mol. The van der Waals surface area contributed by atoms with Gasteiger partial charge < -0.3 is 15.2 Å². The molecule has 1 aromatic carbocycles. The summed E-state index contributed by atoms with van der Waals surface area (Å²) in [5, 5.41) is 14.7. The molecule has 1 fully saturated rings. The van der Waals surface area contributed by atoms with Crippen molar-refractivity contribution in [1.29, 1.82) is 5.26 Å². The Kier molecular flexibility index (Phi) is 4.80. The third-order valence-electron chi connectivity index (χ3n) is 5.61. The van der Waals surface area contributed by atoms with Crippen LogP contribution in [0.1, 0.15) is 31.5 Å². The summed E-state index contributed by atoms with van der Waals surface area (Å²) < 4.78 is 14.4. The molecule has 2 aromatic heterocycles. The van der Waals surface area contributed by atoms with Gasteiger partial charge in [-0.15, -0.1) is 0 Å². The zero-order valence-corrected chi connectivity index (χ0v) is 16.1. The lowest BCUT2D eigenvalue weighted by Gasteiger charge is -2.28. The number of rotatable bonds is 5. The number of nitrogen functional groups attached to an aromatic ring is 1. The van der Waals surface area contributed by atoms with Gasteiger partial charge in [-0.3, -0.25) is 0 Å². The number of anilines is 1. The maximum atomic E-state index is 10.3. The predicted octanol–water partition coefficient (Wildman–Crippen LogP) is 3.67. The number of aromatic nitrogens is 2. The summed E-state index contributed by atoms with van der Waals surface area (Å²) in [6, 6.07) is 17.9. The third kappa shape index (κ3) is 2.84. The molecule has 0 radical (unpaired) electrons. The highest BCUT2D eigenvalue weighted by molar-refractivity contribution is 5.69. The Morgan fingerprint density at radius 3 is 2.75 bits per heavy atom.